The lowest BCUT2D eigenvalue weighted by Gasteiger charge is -2.39. The lowest BCUT2D eigenvalue weighted by Crippen LogP contribution is -2.49. The van der Waals surface area contributed by atoms with Crippen molar-refractivity contribution in [1.82, 2.24) is 14.8 Å². The standard InChI is InChI=1S/C24H24ClN3O/c1-18-7-9-20(10-8-18)23(19-5-3-2-4-6-19)27-13-15-28(16-14-27)24(29)21-11-12-22(25)26-17-21/h2-12,17,23H,13-16H2,1H3/t23-/m1/s1. The third-order valence-electron chi connectivity index (χ3n) is 5.45. The average molecular weight is 406 g/mol. The minimum Gasteiger partial charge on any atom is -0.336 e. The van der Waals surface area contributed by atoms with Crippen molar-refractivity contribution in [2.24, 2.45) is 0 Å². The van der Waals surface area contributed by atoms with E-state index < -0.39 is 0 Å². The Morgan fingerprint density at radius 2 is 1.55 bits per heavy atom. The zero-order valence-corrected chi connectivity index (χ0v) is 17.2. The first-order valence-electron chi connectivity index (χ1n) is 9.88. The summed E-state index contributed by atoms with van der Waals surface area (Å²) in [6.07, 6.45) is 1.55. The number of aryl methyl sites for hydroxylation is 1. The second-order valence-electron chi connectivity index (χ2n) is 7.42. The average Bonchev–Trinajstić information content (AvgIpc) is 2.77. The second kappa shape index (κ2) is 8.76. The van der Waals surface area contributed by atoms with Crippen LogP contribution in [0.25, 0.3) is 0 Å². The molecule has 0 saturated carbocycles. The minimum atomic E-state index is 0.0143. The van der Waals surface area contributed by atoms with Crippen LogP contribution in [-0.2, 0) is 0 Å². The predicted octanol–water partition coefficient (Wildman–Crippen LogP) is 4.59. The van der Waals surface area contributed by atoms with E-state index in [1.54, 1.807) is 18.3 Å². The zero-order valence-electron chi connectivity index (χ0n) is 16.5. The van der Waals surface area contributed by atoms with Gasteiger partial charge in [0.25, 0.3) is 5.91 Å². The molecule has 0 N–H and O–H groups in total. The van der Waals surface area contributed by atoms with E-state index in [1.807, 2.05) is 11.0 Å². The third-order valence-corrected chi connectivity index (χ3v) is 5.67. The quantitative estimate of drug-likeness (QED) is 0.595. The van der Waals surface area contributed by atoms with Gasteiger partial charge in [-0.05, 0) is 30.2 Å². The number of pyridine rings is 1. The Hall–Kier alpha value is -2.69. The number of nitrogens with zero attached hydrogens (tertiary/aromatic N) is 3. The van der Waals surface area contributed by atoms with Crippen LogP contribution in [-0.4, -0.2) is 46.9 Å². The number of aromatic nitrogens is 1. The molecule has 1 aliphatic heterocycles. The Morgan fingerprint density at radius 3 is 2.17 bits per heavy atom. The molecule has 0 unspecified atom stereocenters. The first-order valence-corrected chi connectivity index (χ1v) is 10.3. The van der Waals surface area contributed by atoms with Crippen molar-refractivity contribution in [3.63, 3.8) is 0 Å². The molecule has 4 nitrogen and oxygen atoms in total. The van der Waals surface area contributed by atoms with Gasteiger partial charge in [-0.25, -0.2) is 4.98 Å². The first-order chi connectivity index (χ1) is 14.1. The number of rotatable bonds is 4. The second-order valence-corrected chi connectivity index (χ2v) is 7.81. The van der Waals surface area contributed by atoms with Crippen LogP contribution >= 0.6 is 11.6 Å². The summed E-state index contributed by atoms with van der Waals surface area (Å²) < 4.78 is 0. The number of hydrogen-bond donors (Lipinski definition) is 0. The molecule has 3 aromatic rings. The van der Waals surface area contributed by atoms with Crippen molar-refractivity contribution in [1.29, 1.82) is 0 Å². The van der Waals surface area contributed by atoms with E-state index in [1.165, 1.54) is 16.7 Å². The molecule has 0 bridgehead atoms. The molecule has 1 aliphatic rings. The molecule has 29 heavy (non-hydrogen) atoms. The molecule has 1 saturated heterocycles. The van der Waals surface area contributed by atoms with Crippen molar-refractivity contribution in [3.05, 3.63) is 100 Å². The van der Waals surface area contributed by atoms with E-state index in [2.05, 4.69) is 65.3 Å². The predicted molar refractivity (Wildman–Crippen MR) is 116 cm³/mol. The van der Waals surface area contributed by atoms with Gasteiger partial charge >= 0.3 is 0 Å². The highest BCUT2D eigenvalue weighted by Crippen LogP contribution is 2.30. The van der Waals surface area contributed by atoms with Gasteiger partial charge in [-0.2, -0.15) is 0 Å². The molecule has 0 radical (unpaired) electrons. The highest BCUT2D eigenvalue weighted by Gasteiger charge is 2.28. The van der Waals surface area contributed by atoms with Crippen LogP contribution in [0.1, 0.15) is 33.1 Å². The van der Waals surface area contributed by atoms with Gasteiger partial charge in [0.1, 0.15) is 5.15 Å². The summed E-state index contributed by atoms with van der Waals surface area (Å²) in [7, 11) is 0. The van der Waals surface area contributed by atoms with E-state index in [-0.39, 0.29) is 11.9 Å². The van der Waals surface area contributed by atoms with Crippen molar-refractivity contribution in [2.75, 3.05) is 26.2 Å². The summed E-state index contributed by atoms with van der Waals surface area (Å²) in [6, 6.07) is 22.9. The number of halogens is 1. The SMILES string of the molecule is Cc1ccc([C@@H](c2ccccc2)N2CCN(C(=O)c3ccc(Cl)nc3)CC2)cc1. The third kappa shape index (κ3) is 4.50. The number of piperazine rings is 1. The van der Waals surface area contributed by atoms with E-state index in [0.717, 1.165) is 13.1 Å². The van der Waals surface area contributed by atoms with Crippen LogP contribution in [0.5, 0.6) is 0 Å². The maximum Gasteiger partial charge on any atom is 0.255 e. The fourth-order valence-electron chi connectivity index (χ4n) is 3.87. The number of amides is 1. The van der Waals surface area contributed by atoms with Gasteiger partial charge in [-0.3, -0.25) is 9.69 Å². The molecule has 1 amide bonds. The van der Waals surface area contributed by atoms with Crippen LogP contribution in [0.4, 0.5) is 0 Å². The largest absolute Gasteiger partial charge is 0.336 e. The molecule has 1 fully saturated rings. The molecule has 2 aromatic carbocycles. The van der Waals surface area contributed by atoms with E-state index in [9.17, 15) is 4.79 Å². The fraction of sp³-hybridized carbons (Fsp3) is 0.250. The number of carbonyl (C=O) groups is 1. The van der Waals surface area contributed by atoms with E-state index in [4.69, 9.17) is 11.6 Å². The maximum absolute atomic E-state index is 12.8. The van der Waals surface area contributed by atoms with Crippen LogP contribution < -0.4 is 0 Å². The van der Waals surface area contributed by atoms with Crippen molar-refractivity contribution in [2.45, 2.75) is 13.0 Å². The molecule has 5 heteroatoms. The van der Waals surface area contributed by atoms with Crippen LogP contribution in [0, 0.1) is 6.92 Å². The molecular weight excluding hydrogens is 382 g/mol. The van der Waals surface area contributed by atoms with Gasteiger partial charge in [-0.1, -0.05) is 71.8 Å². The lowest BCUT2D eigenvalue weighted by atomic mass is 9.95. The van der Waals surface area contributed by atoms with Gasteiger partial charge in [-0.15, -0.1) is 0 Å². The van der Waals surface area contributed by atoms with Crippen molar-refractivity contribution in [3.8, 4) is 0 Å². The molecule has 1 aromatic heterocycles. The van der Waals surface area contributed by atoms with Gasteiger partial charge in [0, 0.05) is 32.4 Å². The van der Waals surface area contributed by atoms with Crippen LogP contribution in [0.3, 0.4) is 0 Å². The zero-order chi connectivity index (χ0) is 20.2. The Kier molecular flexibility index (Phi) is 5.93. The van der Waals surface area contributed by atoms with Crippen molar-refractivity contribution < 1.29 is 4.79 Å². The fourth-order valence-corrected chi connectivity index (χ4v) is 3.98. The molecular formula is C24H24ClN3O. The Morgan fingerprint density at radius 1 is 0.897 bits per heavy atom. The first kappa shape index (κ1) is 19.6. The molecule has 1 atom stereocenters. The highest BCUT2D eigenvalue weighted by molar-refractivity contribution is 6.29. The molecule has 0 spiro atoms. The van der Waals surface area contributed by atoms with Gasteiger partial charge in [0.05, 0.1) is 11.6 Å². The van der Waals surface area contributed by atoms with Gasteiger partial charge in [0.15, 0.2) is 0 Å². The number of carbonyl (C=O) groups excluding carboxylic acids is 1. The summed E-state index contributed by atoms with van der Waals surface area (Å²) in [5, 5.41) is 0.398. The van der Waals surface area contributed by atoms with Gasteiger partial charge in [0.2, 0.25) is 0 Å². The Bertz CT molecular complexity index is 950. The summed E-state index contributed by atoms with van der Waals surface area (Å²) in [5.74, 6) is 0.0143. The number of benzene rings is 2. The topological polar surface area (TPSA) is 36.4 Å². The van der Waals surface area contributed by atoms with E-state index >= 15 is 0 Å². The normalized spacial score (nSPS) is 15.9. The Labute approximate surface area is 176 Å². The summed E-state index contributed by atoms with van der Waals surface area (Å²) in [4.78, 5) is 21.2. The number of hydrogen-bond acceptors (Lipinski definition) is 3. The minimum absolute atomic E-state index is 0.0143. The summed E-state index contributed by atoms with van der Waals surface area (Å²) in [6.45, 7) is 5.13. The molecule has 4 rings (SSSR count). The van der Waals surface area contributed by atoms with Crippen molar-refractivity contribution >= 4 is 17.5 Å². The van der Waals surface area contributed by atoms with E-state index in [0.29, 0.717) is 23.8 Å². The van der Waals surface area contributed by atoms with Gasteiger partial charge < -0.3 is 4.90 Å². The monoisotopic (exact) mass is 405 g/mol. The maximum atomic E-state index is 12.8. The smallest absolute Gasteiger partial charge is 0.255 e. The van der Waals surface area contributed by atoms with Crippen LogP contribution in [0.2, 0.25) is 5.15 Å². The summed E-state index contributed by atoms with van der Waals surface area (Å²) in [5.41, 5.74) is 4.40. The summed E-state index contributed by atoms with van der Waals surface area (Å²) >= 11 is 5.84. The highest BCUT2D eigenvalue weighted by atomic mass is 35.5. The van der Waals surface area contributed by atoms with Crippen LogP contribution in [0.15, 0.2) is 72.9 Å². The molecule has 148 valence electrons. The molecule has 2 heterocycles. The lowest BCUT2D eigenvalue weighted by molar-refractivity contribution is 0.0597. The molecule has 0 aliphatic carbocycles. The Balaban J connectivity index is 1.51.